The Balaban J connectivity index is 2.25. The molecule has 25 heavy (non-hydrogen) atoms. The molecule has 0 amide bonds. The molecule has 3 rings (SSSR count). The highest BCUT2D eigenvalue weighted by atomic mass is 32.1. The van der Waals surface area contributed by atoms with E-state index in [1.807, 2.05) is 17.5 Å². The van der Waals surface area contributed by atoms with Crippen LogP contribution in [0.1, 0.15) is 23.3 Å². The van der Waals surface area contributed by atoms with Crippen LogP contribution in [0.2, 0.25) is 0 Å². The molecule has 2 aromatic rings. The average Bonchev–Trinajstić information content (AvgIpc) is 3.16. The second-order valence-corrected chi connectivity index (χ2v) is 6.10. The summed E-state index contributed by atoms with van der Waals surface area (Å²) in [4.78, 5) is 17.5. The highest BCUT2D eigenvalue weighted by Gasteiger charge is 2.38. The SMILES string of the molecule is CCOC(=O)C1=C(c2cccs2)OC(N)=C(C#N)[C@H]1c1cccnc1. The molecule has 0 saturated carbocycles. The van der Waals surface area contributed by atoms with Crippen LogP contribution in [0.5, 0.6) is 0 Å². The number of nitrogens with zero attached hydrogens (tertiary/aromatic N) is 2. The first-order valence-electron chi connectivity index (χ1n) is 7.60. The smallest absolute Gasteiger partial charge is 0.338 e. The zero-order chi connectivity index (χ0) is 17.8. The van der Waals surface area contributed by atoms with E-state index in [0.717, 1.165) is 4.88 Å². The fourth-order valence-corrected chi connectivity index (χ4v) is 3.37. The molecule has 0 aliphatic carbocycles. The van der Waals surface area contributed by atoms with Crippen molar-refractivity contribution in [2.45, 2.75) is 12.8 Å². The van der Waals surface area contributed by atoms with Gasteiger partial charge in [0.25, 0.3) is 0 Å². The summed E-state index contributed by atoms with van der Waals surface area (Å²) in [6.07, 6.45) is 3.22. The van der Waals surface area contributed by atoms with Gasteiger partial charge in [0.15, 0.2) is 5.76 Å². The third kappa shape index (κ3) is 3.12. The summed E-state index contributed by atoms with van der Waals surface area (Å²) in [6.45, 7) is 1.93. The van der Waals surface area contributed by atoms with Crippen molar-refractivity contribution in [2.24, 2.45) is 5.73 Å². The quantitative estimate of drug-likeness (QED) is 0.849. The van der Waals surface area contributed by atoms with Crippen LogP contribution in [0.3, 0.4) is 0 Å². The fraction of sp³-hybridized carbons (Fsp3) is 0.167. The lowest BCUT2D eigenvalue weighted by Gasteiger charge is -2.27. The normalized spacial score (nSPS) is 17.0. The Labute approximate surface area is 148 Å². The van der Waals surface area contributed by atoms with Crippen molar-refractivity contribution in [3.63, 3.8) is 0 Å². The lowest BCUT2D eigenvalue weighted by atomic mass is 9.83. The van der Waals surface area contributed by atoms with Crippen molar-refractivity contribution in [3.8, 4) is 6.07 Å². The van der Waals surface area contributed by atoms with Crippen LogP contribution in [0.15, 0.2) is 59.1 Å². The van der Waals surface area contributed by atoms with Crippen LogP contribution in [-0.4, -0.2) is 17.6 Å². The van der Waals surface area contributed by atoms with Gasteiger partial charge in [-0.2, -0.15) is 5.26 Å². The summed E-state index contributed by atoms with van der Waals surface area (Å²) in [5.74, 6) is -0.935. The first-order chi connectivity index (χ1) is 12.2. The maximum Gasteiger partial charge on any atom is 0.338 e. The largest absolute Gasteiger partial charge is 0.463 e. The highest BCUT2D eigenvalue weighted by Crippen LogP contribution is 2.43. The van der Waals surface area contributed by atoms with Gasteiger partial charge in [0.2, 0.25) is 5.88 Å². The highest BCUT2D eigenvalue weighted by molar-refractivity contribution is 7.11. The monoisotopic (exact) mass is 353 g/mol. The molecule has 0 aromatic carbocycles. The number of ether oxygens (including phenoxy) is 2. The van der Waals surface area contributed by atoms with Gasteiger partial charge in [-0.15, -0.1) is 11.3 Å². The van der Waals surface area contributed by atoms with E-state index in [4.69, 9.17) is 15.2 Å². The van der Waals surface area contributed by atoms with Gasteiger partial charge in [0, 0.05) is 12.4 Å². The van der Waals surface area contributed by atoms with Crippen LogP contribution < -0.4 is 5.73 Å². The Morgan fingerprint density at radius 1 is 1.48 bits per heavy atom. The molecule has 126 valence electrons. The summed E-state index contributed by atoms with van der Waals surface area (Å²) in [6, 6.07) is 9.26. The molecule has 6 nitrogen and oxygen atoms in total. The summed E-state index contributed by atoms with van der Waals surface area (Å²) >= 11 is 1.41. The number of pyridine rings is 1. The Morgan fingerprint density at radius 2 is 2.32 bits per heavy atom. The summed E-state index contributed by atoms with van der Waals surface area (Å²) in [5.41, 5.74) is 7.07. The number of carbonyl (C=O) groups excluding carboxylic acids is 1. The predicted octanol–water partition coefficient (Wildman–Crippen LogP) is 2.93. The lowest BCUT2D eigenvalue weighted by Crippen LogP contribution is -2.25. The molecule has 2 N–H and O–H groups in total. The summed E-state index contributed by atoms with van der Waals surface area (Å²) in [5, 5.41) is 11.4. The van der Waals surface area contributed by atoms with Gasteiger partial charge >= 0.3 is 5.97 Å². The Morgan fingerprint density at radius 3 is 2.92 bits per heavy atom. The van der Waals surface area contributed by atoms with Crippen molar-refractivity contribution >= 4 is 23.1 Å². The molecule has 1 atom stereocenters. The first kappa shape index (κ1) is 16.7. The van der Waals surface area contributed by atoms with Gasteiger partial charge in [-0.05, 0) is 30.0 Å². The maximum atomic E-state index is 12.7. The van der Waals surface area contributed by atoms with Gasteiger partial charge in [-0.3, -0.25) is 4.98 Å². The van der Waals surface area contributed by atoms with E-state index in [2.05, 4.69) is 11.1 Å². The van der Waals surface area contributed by atoms with E-state index in [0.29, 0.717) is 11.3 Å². The van der Waals surface area contributed by atoms with Crippen LogP contribution in [0.4, 0.5) is 0 Å². The van der Waals surface area contributed by atoms with Crippen molar-refractivity contribution in [1.29, 1.82) is 5.26 Å². The fourth-order valence-electron chi connectivity index (χ4n) is 2.65. The van der Waals surface area contributed by atoms with E-state index in [1.54, 1.807) is 31.5 Å². The molecule has 1 aliphatic rings. The predicted molar refractivity (Wildman–Crippen MR) is 92.8 cm³/mol. The third-order valence-corrected chi connectivity index (χ3v) is 4.55. The molecule has 0 radical (unpaired) electrons. The molecule has 2 aromatic heterocycles. The van der Waals surface area contributed by atoms with Crippen LogP contribution in [0.25, 0.3) is 5.76 Å². The Hall–Kier alpha value is -3.11. The molecule has 0 fully saturated rings. The third-order valence-electron chi connectivity index (χ3n) is 3.68. The number of thiophene rings is 1. The standard InChI is InChI=1S/C18H15N3O3S/c1-2-23-18(22)15-14(11-5-3-7-21-10-11)12(9-19)17(20)24-16(15)13-6-4-8-25-13/h3-8,10,14H,2,20H2,1H3/t14-/m1/s1. The number of esters is 1. The number of nitrogens with two attached hydrogens (primary N) is 1. The maximum absolute atomic E-state index is 12.7. The minimum atomic E-state index is -0.691. The van der Waals surface area contributed by atoms with Gasteiger partial charge in [-0.1, -0.05) is 12.1 Å². The molecular weight excluding hydrogens is 338 g/mol. The second kappa shape index (κ2) is 7.20. The number of carbonyl (C=O) groups is 1. The molecule has 0 unspecified atom stereocenters. The van der Waals surface area contributed by atoms with Crippen LogP contribution >= 0.6 is 11.3 Å². The number of hydrogen-bond donors (Lipinski definition) is 1. The van der Waals surface area contributed by atoms with Crippen molar-refractivity contribution in [2.75, 3.05) is 6.61 Å². The minimum absolute atomic E-state index is 0.0206. The molecule has 7 heteroatoms. The Bertz CT molecular complexity index is 880. The topological polar surface area (TPSA) is 98.2 Å². The van der Waals surface area contributed by atoms with Crippen LogP contribution in [0, 0.1) is 11.3 Å². The molecule has 0 saturated heterocycles. The lowest BCUT2D eigenvalue weighted by molar-refractivity contribution is -0.138. The first-order valence-corrected chi connectivity index (χ1v) is 8.48. The molecular formula is C18H15N3O3S. The van der Waals surface area contributed by atoms with Crippen LogP contribution in [-0.2, 0) is 14.3 Å². The molecule has 1 aliphatic heterocycles. The molecule has 3 heterocycles. The van der Waals surface area contributed by atoms with E-state index in [-0.39, 0.29) is 23.6 Å². The number of aromatic nitrogens is 1. The van der Waals surface area contributed by atoms with Gasteiger partial charge in [0.05, 0.1) is 23.0 Å². The van der Waals surface area contributed by atoms with Crippen molar-refractivity contribution in [3.05, 3.63) is 69.5 Å². The van der Waals surface area contributed by atoms with Gasteiger partial charge in [0.1, 0.15) is 11.6 Å². The zero-order valence-electron chi connectivity index (χ0n) is 13.4. The summed E-state index contributed by atoms with van der Waals surface area (Å²) in [7, 11) is 0. The zero-order valence-corrected chi connectivity index (χ0v) is 14.2. The van der Waals surface area contributed by atoms with Crippen molar-refractivity contribution < 1.29 is 14.3 Å². The minimum Gasteiger partial charge on any atom is -0.463 e. The number of allylic oxidation sites excluding steroid dienone is 1. The van der Waals surface area contributed by atoms with E-state index in [1.165, 1.54) is 11.3 Å². The average molecular weight is 353 g/mol. The number of rotatable bonds is 4. The number of nitriles is 1. The molecule has 0 bridgehead atoms. The Kier molecular flexibility index (Phi) is 4.82. The second-order valence-electron chi connectivity index (χ2n) is 5.15. The van der Waals surface area contributed by atoms with Crippen molar-refractivity contribution in [1.82, 2.24) is 4.98 Å². The van der Waals surface area contributed by atoms with E-state index >= 15 is 0 Å². The molecule has 0 spiro atoms. The van der Waals surface area contributed by atoms with E-state index < -0.39 is 11.9 Å². The van der Waals surface area contributed by atoms with Gasteiger partial charge in [-0.25, -0.2) is 4.79 Å². The van der Waals surface area contributed by atoms with Gasteiger partial charge < -0.3 is 15.2 Å². The van der Waals surface area contributed by atoms with E-state index in [9.17, 15) is 10.1 Å². The number of hydrogen-bond acceptors (Lipinski definition) is 7. The summed E-state index contributed by atoms with van der Waals surface area (Å²) < 4.78 is 10.9.